The van der Waals surface area contributed by atoms with Gasteiger partial charge in [-0.2, -0.15) is 4.98 Å². The van der Waals surface area contributed by atoms with Crippen LogP contribution in [0.5, 0.6) is 6.01 Å². The second-order valence-corrected chi connectivity index (χ2v) is 6.70. The second-order valence-electron chi connectivity index (χ2n) is 6.70. The minimum absolute atomic E-state index is 0.188. The molecule has 1 aromatic carbocycles. The number of rotatable bonds is 4. The predicted octanol–water partition coefficient (Wildman–Crippen LogP) is 2.46. The van der Waals surface area contributed by atoms with E-state index in [1.165, 1.54) is 0 Å². The number of imidazole rings is 1. The highest BCUT2D eigenvalue weighted by atomic mass is 16.8. The van der Waals surface area contributed by atoms with Crippen LogP contribution >= 0.6 is 0 Å². The summed E-state index contributed by atoms with van der Waals surface area (Å²) >= 11 is 0. The molecule has 0 radical (unpaired) electrons. The van der Waals surface area contributed by atoms with Crippen molar-refractivity contribution in [2.24, 2.45) is 0 Å². The lowest BCUT2D eigenvalue weighted by molar-refractivity contribution is -0.166. The van der Waals surface area contributed by atoms with Crippen LogP contribution in [-0.4, -0.2) is 53.8 Å². The van der Waals surface area contributed by atoms with Crippen molar-refractivity contribution < 1.29 is 14.3 Å². The van der Waals surface area contributed by atoms with Gasteiger partial charge in [-0.1, -0.05) is 12.1 Å². The zero-order chi connectivity index (χ0) is 16.4. The van der Waals surface area contributed by atoms with E-state index in [2.05, 4.69) is 16.9 Å². The first-order chi connectivity index (χ1) is 11.8. The average molecular weight is 331 g/mol. The summed E-state index contributed by atoms with van der Waals surface area (Å²) < 4.78 is 13.7. The summed E-state index contributed by atoms with van der Waals surface area (Å²) in [5.41, 5.74) is 1.81. The summed E-state index contributed by atoms with van der Waals surface area (Å²) in [6.07, 6.45) is 5.12. The number of para-hydroxylation sites is 2. The molecule has 0 N–H and O–H groups in total. The molecule has 2 aliphatic rings. The number of likely N-dealkylation sites (tertiary alicyclic amines) is 1. The molecule has 3 heterocycles. The molecule has 1 unspecified atom stereocenters. The highest BCUT2D eigenvalue weighted by molar-refractivity contribution is 5.76. The smallest absolute Gasteiger partial charge is 0.331 e. The van der Waals surface area contributed by atoms with E-state index >= 15 is 0 Å². The lowest BCUT2D eigenvalue weighted by Gasteiger charge is -2.29. The lowest BCUT2D eigenvalue weighted by Crippen LogP contribution is -2.37. The zero-order valence-corrected chi connectivity index (χ0v) is 14.2. The van der Waals surface area contributed by atoms with Crippen LogP contribution in [0.4, 0.5) is 0 Å². The third kappa shape index (κ3) is 3.35. The molecule has 1 aromatic heterocycles. The van der Waals surface area contributed by atoms with Crippen molar-refractivity contribution in [3.63, 3.8) is 0 Å². The van der Waals surface area contributed by atoms with Crippen molar-refractivity contribution in [1.29, 1.82) is 0 Å². The van der Waals surface area contributed by atoms with Crippen LogP contribution in [0.2, 0.25) is 0 Å². The molecule has 0 amide bonds. The molecule has 6 heteroatoms. The van der Waals surface area contributed by atoms with Crippen LogP contribution < -0.4 is 9.57 Å². The number of fused-ring (bicyclic) bond motifs is 1. The van der Waals surface area contributed by atoms with Gasteiger partial charge in [0.25, 0.3) is 0 Å². The molecule has 4 rings (SSSR count). The van der Waals surface area contributed by atoms with E-state index in [0.717, 1.165) is 62.8 Å². The number of benzene rings is 1. The van der Waals surface area contributed by atoms with Gasteiger partial charge in [-0.25, -0.2) is 0 Å². The molecule has 2 saturated heterocycles. The Kier molecular flexibility index (Phi) is 4.58. The number of piperidine rings is 1. The van der Waals surface area contributed by atoms with Gasteiger partial charge in [-0.05, 0) is 44.9 Å². The summed E-state index contributed by atoms with van der Waals surface area (Å²) in [6.45, 7) is 2.86. The molecule has 24 heavy (non-hydrogen) atoms. The number of hydrogen-bond donors (Lipinski definition) is 0. The molecule has 130 valence electrons. The molecule has 0 saturated carbocycles. The second kappa shape index (κ2) is 6.99. The van der Waals surface area contributed by atoms with Gasteiger partial charge in [0.2, 0.25) is 6.29 Å². The number of ether oxygens (including phenoxy) is 2. The molecule has 2 aromatic rings. The zero-order valence-electron chi connectivity index (χ0n) is 14.2. The monoisotopic (exact) mass is 331 g/mol. The van der Waals surface area contributed by atoms with Crippen LogP contribution in [0.3, 0.4) is 0 Å². The van der Waals surface area contributed by atoms with Crippen LogP contribution in [0.1, 0.15) is 32.1 Å². The predicted molar refractivity (Wildman–Crippen MR) is 91.1 cm³/mol. The fraction of sp³-hybridized carbons (Fsp3) is 0.611. The molecule has 0 spiro atoms. The minimum atomic E-state index is -0.226. The van der Waals surface area contributed by atoms with Gasteiger partial charge in [-0.3, -0.25) is 0 Å². The third-order valence-corrected chi connectivity index (χ3v) is 4.79. The van der Waals surface area contributed by atoms with Crippen LogP contribution in [-0.2, 0) is 4.74 Å². The summed E-state index contributed by atoms with van der Waals surface area (Å²) in [4.78, 5) is 13.1. The van der Waals surface area contributed by atoms with E-state index in [-0.39, 0.29) is 12.4 Å². The maximum Gasteiger partial charge on any atom is 0.331 e. The van der Waals surface area contributed by atoms with E-state index in [0.29, 0.717) is 6.01 Å². The van der Waals surface area contributed by atoms with E-state index in [1.807, 2.05) is 24.3 Å². The van der Waals surface area contributed by atoms with E-state index < -0.39 is 0 Å². The van der Waals surface area contributed by atoms with Gasteiger partial charge in [0.05, 0.1) is 12.1 Å². The van der Waals surface area contributed by atoms with Crippen LogP contribution in [0, 0.1) is 0 Å². The van der Waals surface area contributed by atoms with Gasteiger partial charge >= 0.3 is 6.01 Å². The largest absolute Gasteiger partial charge is 0.459 e. The van der Waals surface area contributed by atoms with Gasteiger partial charge in [-0.15, -0.1) is 4.73 Å². The van der Waals surface area contributed by atoms with E-state index in [4.69, 9.17) is 14.3 Å². The number of aromatic nitrogens is 2. The van der Waals surface area contributed by atoms with Crippen molar-refractivity contribution in [3.8, 4) is 6.01 Å². The Morgan fingerprint density at radius 3 is 2.75 bits per heavy atom. The molecule has 0 bridgehead atoms. The Morgan fingerprint density at radius 1 is 1.12 bits per heavy atom. The topological polar surface area (TPSA) is 48.8 Å². The highest BCUT2D eigenvalue weighted by Gasteiger charge is 2.24. The molecule has 2 aliphatic heterocycles. The Morgan fingerprint density at radius 2 is 1.96 bits per heavy atom. The van der Waals surface area contributed by atoms with Crippen molar-refractivity contribution in [1.82, 2.24) is 14.6 Å². The summed E-state index contributed by atoms with van der Waals surface area (Å²) in [7, 11) is 2.15. The normalized spacial score (nSPS) is 23.5. The molecule has 2 fully saturated rings. The van der Waals surface area contributed by atoms with E-state index in [1.54, 1.807) is 4.73 Å². The van der Waals surface area contributed by atoms with E-state index in [9.17, 15) is 0 Å². The number of nitrogens with zero attached hydrogens (tertiary/aromatic N) is 3. The third-order valence-electron chi connectivity index (χ3n) is 4.79. The van der Waals surface area contributed by atoms with Gasteiger partial charge in [0.1, 0.15) is 11.6 Å². The van der Waals surface area contributed by atoms with Crippen LogP contribution in [0.15, 0.2) is 24.3 Å². The molecule has 0 aliphatic carbocycles. The Hall–Kier alpha value is -1.79. The quantitative estimate of drug-likeness (QED) is 0.861. The highest BCUT2D eigenvalue weighted by Crippen LogP contribution is 2.24. The molecule has 6 nitrogen and oxygen atoms in total. The maximum absolute atomic E-state index is 6.21. The fourth-order valence-corrected chi connectivity index (χ4v) is 3.32. The molecule has 1 atom stereocenters. The Balaban J connectivity index is 1.57. The summed E-state index contributed by atoms with van der Waals surface area (Å²) in [6, 6.07) is 8.51. The average Bonchev–Trinajstić information content (AvgIpc) is 2.95. The van der Waals surface area contributed by atoms with Crippen molar-refractivity contribution >= 4 is 11.0 Å². The van der Waals surface area contributed by atoms with Crippen molar-refractivity contribution in [3.05, 3.63) is 24.3 Å². The standard InChI is InChI=1S/C18H25N3O3/c1-20-11-9-14(10-12-20)23-18-19-15-6-2-3-7-16(15)21(18)24-17-8-4-5-13-22-17/h2-3,6-7,14,17H,4-5,8-13H2,1H3. The SMILES string of the molecule is CN1CCC(Oc2nc3ccccc3n2OC2CCCCO2)CC1. The van der Waals surface area contributed by atoms with Gasteiger partial charge in [0, 0.05) is 19.5 Å². The van der Waals surface area contributed by atoms with Crippen LogP contribution in [0.25, 0.3) is 11.0 Å². The first-order valence-electron chi connectivity index (χ1n) is 8.91. The Bertz CT molecular complexity index is 673. The summed E-state index contributed by atoms with van der Waals surface area (Å²) in [5.74, 6) is 0. The Labute approximate surface area is 142 Å². The lowest BCUT2D eigenvalue weighted by atomic mass is 10.1. The summed E-state index contributed by atoms with van der Waals surface area (Å²) in [5, 5.41) is 0. The molecular formula is C18H25N3O3. The fourth-order valence-electron chi connectivity index (χ4n) is 3.32. The van der Waals surface area contributed by atoms with Crippen molar-refractivity contribution in [2.75, 3.05) is 26.7 Å². The first kappa shape index (κ1) is 15.7. The maximum atomic E-state index is 6.21. The first-order valence-corrected chi connectivity index (χ1v) is 8.91. The van der Waals surface area contributed by atoms with Gasteiger partial charge in [0.15, 0.2) is 0 Å². The van der Waals surface area contributed by atoms with Gasteiger partial charge < -0.3 is 19.2 Å². The van der Waals surface area contributed by atoms with Crippen molar-refractivity contribution in [2.45, 2.75) is 44.5 Å². The number of hydrogen-bond acceptors (Lipinski definition) is 5. The molecular weight excluding hydrogens is 306 g/mol. The minimum Gasteiger partial charge on any atom is -0.459 e.